The third-order valence-electron chi connectivity index (χ3n) is 3.53. The molecule has 0 aliphatic rings. The van der Waals surface area contributed by atoms with Crippen molar-refractivity contribution in [2.45, 2.75) is 33.1 Å². The van der Waals surface area contributed by atoms with E-state index in [2.05, 4.69) is 41.6 Å². The smallest absolute Gasteiger partial charge is 0.191 e. The summed E-state index contributed by atoms with van der Waals surface area (Å²) >= 11 is 0. The number of methoxy groups -OCH3 is 1. The summed E-state index contributed by atoms with van der Waals surface area (Å²) in [6, 6.07) is 6.25. The van der Waals surface area contributed by atoms with Gasteiger partial charge in [0.05, 0.1) is 13.7 Å². The Balaban J connectivity index is 0.00000529. The van der Waals surface area contributed by atoms with E-state index in [1.165, 1.54) is 17.5 Å². The minimum absolute atomic E-state index is 0. The van der Waals surface area contributed by atoms with Gasteiger partial charge in [-0.05, 0) is 31.4 Å². The first-order valence-corrected chi connectivity index (χ1v) is 8.37. The fourth-order valence-corrected chi connectivity index (χ4v) is 2.23. The maximum Gasteiger partial charge on any atom is 0.191 e. The van der Waals surface area contributed by atoms with Crippen molar-refractivity contribution in [3.05, 3.63) is 29.3 Å². The lowest BCUT2D eigenvalue weighted by atomic mass is 10.1. The molecule has 0 saturated heterocycles. The second-order valence-corrected chi connectivity index (χ2v) is 5.46. The monoisotopic (exact) mass is 449 g/mol. The van der Waals surface area contributed by atoms with Crippen LogP contribution in [0, 0.1) is 6.92 Å². The number of rotatable bonds is 10. The van der Waals surface area contributed by atoms with Crippen molar-refractivity contribution in [3.8, 4) is 5.75 Å². The van der Waals surface area contributed by atoms with Gasteiger partial charge in [-0.15, -0.1) is 24.0 Å². The molecule has 1 rings (SSSR count). The largest absolute Gasteiger partial charge is 0.496 e. The van der Waals surface area contributed by atoms with Crippen LogP contribution in [0.25, 0.3) is 0 Å². The van der Waals surface area contributed by atoms with E-state index in [0.717, 1.165) is 44.2 Å². The number of halogens is 1. The number of unbranched alkanes of at least 4 members (excludes halogenated alkanes) is 1. The first kappa shape index (κ1) is 23.0. The van der Waals surface area contributed by atoms with E-state index in [-0.39, 0.29) is 24.0 Å². The van der Waals surface area contributed by atoms with Gasteiger partial charge in [0.15, 0.2) is 5.96 Å². The molecule has 0 fully saturated rings. The van der Waals surface area contributed by atoms with Gasteiger partial charge in [-0.2, -0.15) is 0 Å². The Morgan fingerprint density at radius 3 is 2.58 bits per heavy atom. The Kier molecular flexibility index (Phi) is 13.7. The Morgan fingerprint density at radius 1 is 1.17 bits per heavy atom. The molecule has 2 N–H and O–H groups in total. The molecular formula is C18H32IN3O2. The van der Waals surface area contributed by atoms with Gasteiger partial charge < -0.3 is 20.1 Å². The van der Waals surface area contributed by atoms with Gasteiger partial charge in [0.2, 0.25) is 0 Å². The van der Waals surface area contributed by atoms with Crippen LogP contribution in [0.2, 0.25) is 0 Å². The van der Waals surface area contributed by atoms with Gasteiger partial charge in [-0.1, -0.05) is 31.0 Å². The summed E-state index contributed by atoms with van der Waals surface area (Å²) in [5.74, 6) is 1.74. The average molecular weight is 449 g/mol. The summed E-state index contributed by atoms with van der Waals surface area (Å²) < 4.78 is 10.9. The number of aryl methyl sites for hydroxylation is 1. The van der Waals surface area contributed by atoms with Crippen LogP contribution in [0.5, 0.6) is 5.75 Å². The van der Waals surface area contributed by atoms with Crippen LogP contribution in [0.1, 0.15) is 30.9 Å². The first-order chi connectivity index (χ1) is 11.2. The summed E-state index contributed by atoms with van der Waals surface area (Å²) in [6.07, 6.45) is 3.17. The molecule has 0 unspecified atom stereocenters. The number of nitrogens with zero attached hydrogens (tertiary/aromatic N) is 1. The van der Waals surface area contributed by atoms with Crippen LogP contribution < -0.4 is 15.4 Å². The van der Waals surface area contributed by atoms with Gasteiger partial charge in [0.1, 0.15) is 5.75 Å². The average Bonchev–Trinajstić information content (AvgIpc) is 2.56. The van der Waals surface area contributed by atoms with Crippen LogP contribution in [-0.2, 0) is 11.2 Å². The van der Waals surface area contributed by atoms with Crippen molar-refractivity contribution in [3.63, 3.8) is 0 Å². The minimum Gasteiger partial charge on any atom is -0.496 e. The van der Waals surface area contributed by atoms with Crippen molar-refractivity contribution >= 4 is 29.9 Å². The molecule has 0 aliphatic carbocycles. The van der Waals surface area contributed by atoms with Gasteiger partial charge >= 0.3 is 0 Å². The molecule has 0 radical (unpaired) electrons. The topological polar surface area (TPSA) is 54.9 Å². The van der Waals surface area contributed by atoms with Gasteiger partial charge in [-0.25, -0.2) is 0 Å². The number of nitrogens with one attached hydrogen (secondary N) is 2. The zero-order valence-electron chi connectivity index (χ0n) is 15.4. The highest BCUT2D eigenvalue weighted by Crippen LogP contribution is 2.19. The summed E-state index contributed by atoms with van der Waals surface area (Å²) in [6.45, 7) is 7.35. The van der Waals surface area contributed by atoms with Crippen LogP contribution in [-0.4, -0.2) is 46.4 Å². The molecule has 0 aliphatic heterocycles. The van der Waals surface area contributed by atoms with Gasteiger partial charge in [-0.3, -0.25) is 4.99 Å². The van der Waals surface area contributed by atoms with E-state index in [1.807, 2.05) is 6.07 Å². The fraction of sp³-hybridized carbons (Fsp3) is 0.611. The summed E-state index contributed by atoms with van der Waals surface area (Å²) in [5, 5.41) is 6.57. The Hall–Kier alpha value is -1.02. The first-order valence-electron chi connectivity index (χ1n) is 8.37. The summed E-state index contributed by atoms with van der Waals surface area (Å²) in [7, 11) is 3.49. The van der Waals surface area contributed by atoms with Crippen LogP contribution in [0.4, 0.5) is 0 Å². The molecule has 0 heterocycles. The van der Waals surface area contributed by atoms with Crippen molar-refractivity contribution in [1.82, 2.24) is 10.6 Å². The number of guanidine groups is 1. The van der Waals surface area contributed by atoms with Crippen LogP contribution in [0.15, 0.2) is 23.2 Å². The summed E-state index contributed by atoms with van der Waals surface area (Å²) in [5.41, 5.74) is 2.45. The predicted octanol–water partition coefficient (Wildman–Crippen LogP) is 3.15. The number of aliphatic imine (C=N–C) groups is 1. The maximum atomic E-state index is 5.52. The molecule has 0 saturated carbocycles. The molecule has 6 heteroatoms. The molecule has 138 valence electrons. The molecule has 5 nitrogen and oxygen atoms in total. The standard InChI is InChI=1S/C18H31N3O2.HI/c1-5-6-12-23-13-11-21-18(19-3)20-10-9-16-14-15(2)7-8-17(16)22-4;/h7-8,14H,5-6,9-13H2,1-4H3,(H2,19,20,21);1H. The van der Waals surface area contributed by atoms with Crippen molar-refractivity contribution in [2.24, 2.45) is 4.99 Å². The maximum absolute atomic E-state index is 5.52. The number of hydrogen-bond donors (Lipinski definition) is 2. The SMILES string of the molecule is CCCCOCCNC(=NC)NCCc1cc(C)ccc1OC.I. The van der Waals surface area contributed by atoms with Crippen LogP contribution in [0.3, 0.4) is 0 Å². The second-order valence-electron chi connectivity index (χ2n) is 5.46. The van der Waals surface area contributed by atoms with E-state index in [0.29, 0.717) is 6.61 Å². The predicted molar refractivity (Wildman–Crippen MR) is 112 cm³/mol. The van der Waals surface area contributed by atoms with E-state index in [4.69, 9.17) is 9.47 Å². The Morgan fingerprint density at radius 2 is 1.92 bits per heavy atom. The highest BCUT2D eigenvalue weighted by molar-refractivity contribution is 14.0. The van der Waals surface area contributed by atoms with Gasteiger partial charge in [0, 0.05) is 26.7 Å². The number of ether oxygens (including phenoxy) is 2. The zero-order valence-corrected chi connectivity index (χ0v) is 17.7. The summed E-state index contributed by atoms with van der Waals surface area (Å²) in [4.78, 5) is 4.22. The lowest BCUT2D eigenvalue weighted by Gasteiger charge is -2.13. The van der Waals surface area contributed by atoms with Crippen molar-refractivity contribution < 1.29 is 9.47 Å². The van der Waals surface area contributed by atoms with E-state index >= 15 is 0 Å². The molecule has 1 aromatic carbocycles. The lowest BCUT2D eigenvalue weighted by Crippen LogP contribution is -2.39. The van der Waals surface area contributed by atoms with E-state index in [9.17, 15) is 0 Å². The van der Waals surface area contributed by atoms with Gasteiger partial charge in [0.25, 0.3) is 0 Å². The normalized spacial score (nSPS) is 10.9. The van der Waals surface area contributed by atoms with E-state index in [1.54, 1.807) is 14.2 Å². The van der Waals surface area contributed by atoms with Crippen molar-refractivity contribution in [2.75, 3.05) is 40.5 Å². The highest BCUT2D eigenvalue weighted by Gasteiger charge is 2.04. The molecule has 0 amide bonds. The molecule has 0 spiro atoms. The molecule has 0 bridgehead atoms. The highest BCUT2D eigenvalue weighted by atomic mass is 127. The number of benzene rings is 1. The van der Waals surface area contributed by atoms with Crippen LogP contribution >= 0.6 is 24.0 Å². The Bertz CT molecular complexity index is 481. The molecular weight excluding hydrogens is 417 g/mol. The third-order valence-corrected chi connectivity index (χ3v) is 3.53. The molecule has 0 aromatic heterocycles. The van der Waals surface area contributed by atoms with E-state index < -0.39 is 0 Å². The molecule has 1 aromatic rings. The number of hydrogen-bond acceptors (Lipinski definition) is 3. The third kappa shape index (κ3) is 9.32. The minimum atomic E-state index is 0. The zero-order chi connectivity index (χ0) is 16.9. The quantitative estimate of drug-likeness (QED) is 0.250. The molecule has 0 atom stereocenters. The second kappa shape index (κ2) is 14.3. The fourth-order valence-electron chi connectivity index (χ4n) is 2.23. The van der Waals surface area contributed by atoms with Crippen molar-refractivity contribution in [1.29, 1.82) is 0 Å². The molecule has 24 heavy (non-hydrogen) atoms. The Labute approximate surface area is 163 Å². The lowest BCUT2D eigenvalue weighted by molar-refractivity contribution is 0.136.